The minimum Gasteiger partial charge on any atom is -0.465 e. The summed E-state index contributed by atoms with van der Waals surface area (Å²) >= 11 is 1.19. The van der Waals surface area contributed by atoms with Crippen LogP contribution in [-0.2, 0) is 4.74 Å². The average Bonchev–Trinajstić information content (AvgIpc) is 2.65. The molecule has 0 saturated heterocycles. The van der Waals surface area contributed by atoms with E-state index in [0.717, 1.165) is 25.8 Å². The first-order chi connectivity index (χ1) is 7.70. The molecule has 0 bridgehead atoms. The summed E-state index contributed by atoms with van der Waals surface area (Å²) in [4.78, 5) is 11.4. The van der Waals surface area contributed by atoms with Crippen molar-refractivity contribution in [3.05, 3.63) is 5.56 Å². The van der Waals surface area contributed by atoms with Crippen molar-refractivity contribution in [2.45, 2.75) is 26.2 Å². The lowest BCUT2D eigenvalue weighted by atomic mass is 10.2. The molecule has 0 spiro atoms. The van der Waals surface area contributed by atoms with Crippen molar-refractivity contribution in [3.8, 4) is 0 Å². The van der Waals surface area contributed by atoms with E-state index in [2.05, 4.69) is 21.4 Å². The molecule has 0 aliphatic rings. The zero-order valence-corrected chi connectivity index (χ0v) is 10.4. The van der Waals surface area contributed by atoms with Gasteiger partial charge >= 0.3 is 5.97 Å². The summed E-state index contributed by atoms with van der Waals surface area (Å²) in [5, 5.41) is 3.85. The van der Waals surface area contributed by atoms with Crippen molar-refractivity contribution in [1.82, 2.24) is 4.37 Å². The van der Waals surface area contributed by atoms with Crippen LogP contribution in [0.3, 0.4) is 0 Å². The van der Waals surface area contributed by atoms with Crippen LogP contribution in [0.4, 0.5) is 10.8 Å². The van der Waals surface area contributed by atoms with Crippen LogP contribution < -0.4 is 11.1 Å². The van der Waals surface area contributed by atoms with E-state index in [0.29, 0.717) is 10.6 Å². The molecule has 16 heavy (non-hydrogen) atoms. The number of nitrogens with zero attached hydrogens (tertiary/aromatic N) is 1. The normalized spacial score (nSPS) is 10.1. The monoisotopic (exact) mass is 243 g/mol. The van der Waals surface area contributed by atoms with E-state index in [1.807, 2.05) is 0 Å². The molecule has 0 fully saturated rings. The SMILES string of the molecule is CCCCCNc1snc(N)c1C(=O)OC. The number of hydrogen-bond donors (Lipinski definition) is 2. The zero-order chi connectivity index (χ0) is 12.0. The van der Waals surface area contributed by atoms with Crippen LogP contribution in [0.25, 0.3) is 0 Å². The van der Waals surface area contributed by atoms with Crippen LogP contribution in [0.2, 0.25) is 0 Å². The second kappa shape index (κ2) is 6.32. The summed E-state index contributed by atoms with van der Waals surface area (Å²) in [5.74, 6) is -0.209. The summed E-state index contributed by atoms with van der Waals surface area (Å²) in [6, 6.07) is 0. The molecule has 3 N–H and O–H groups in total. The standard InChI is InChI=1S/C10H17N3O2S/c1-3-4-5-6-12-9-7(10(14)15-2)8(11)13-16-9/h12H,3-6H2,1-2H3,(H2,11,13). The third-order valence-corrected chi connectivity index (χ3v) is 2.99. The number of esters is 1. The van der Waals surface area contributed by atoms with Crippen LogP contribution >= 0.6 is 11.5 Å². The Bertz CT molecular complexity index is 352. The van der Waals surface area contributed by atoms with E-state index in [1.54, 1.807) is 0 Å². The maximum atomic E-state index is 11.4. The fraction of sp³-hybridized carbons (Fsp3) is 0.600. The largest absolute Gasteiger partial charge is 0.465 e. The van der Waals surface area contributed by atoms with Crippen molar-refractivity contribution >= 4 is 28.3 Å². The van der Waals surface area contributed by atoms with Crippen LogP contribution in [0.5, 0.6) is 0 Å². The van der Waals surface area contributed by atoms with Gasteiger partial charge in [0, 0.05) is 6.54 Å². The van der Waals surface area contributed by atoms with Crippen molar-refractivity contribution in [3.63, 3.8) is 0 Å². The summed E-state index contributed by atoms with van der Waals surface area (Å²) in [7, 11) is 1.33. The van der Waals surface area contributed by atoms with Crippen LogP contribution in [0.1, 0.15) is 36.5 Å². The predicted molar refractivity (Wildman–Crippen MR) is 65.9 cm³/mol. The lowest BCUT2D eigenvalue weighted by Gasteiger charge is -2.05. The van der Waals surface area contributed by atoms with Gasteiger partial charge in [-0.25, -0.2) is 4.79 Å². The summed E-state index contributed by atoms with van der Waals surface area (Å²) in [6.07, 6.45) is 3.39. The molecule has 0 unspecified atom stereocenters. The van der Waals surface area contributed by atoms with Gasteiger partial charge in [-0.1, -0.05) is 19.8 Å². The van der Waals surface area contributed by atoms with Gasteiger partial charge in [-0.2, -0.15) is 4.37 Å². The quantitative estimate of drug-likeness (QED) is 0.591. The van der Waals surface area contributed by atoms with Crippen molar-refractivity contribution in [1.29, 1.82) is 0 Å². The Hall–Kier alpha value is -1.30. The highest BCUT2D eigenvalue weighted by Crippen LogP contribution is 2.27. The Labute approximate surface area is 99.2 Å². The Balaban J connectivity index is 2.62. The van der Waals surface area contributed by atoms with Gasteiger partial charge in [0.2, 0.25) is 0 Å². The molecule has 0 aliphatic carbocycles. The van der Waals surface area contributed by atoms with E-state index in [1.165, 1.54) is 18.6 Å². The highest BCUT2D eigenvalue weighted by atomic mass is 32.1. The molecule has 1 heterocycles. The van der Waals surface area contributed by atoms with E-state index in [-0.39, 0.29) is 5.82 Å². The Morgan fingerprint density at radius 2 is 2.31 bits per heavy atom. The number of nitrogens with one attached hydrogen (secondary N) is 1. The summed E-state index contributed by atoms with van der Waals surface area (Å²) < 4.78 is 8.59. The smallest absolute Gasteiger partial charge is 0.344 e. The number of carbonyl (C=O) groups excluding carboxylic acids is 1. The van der Waals surface area contributed by atoms with Gasteiger partial charge in [0.25, 0.3) is 0 Å². The molecule has 0 aromatic carbocycles. The van der Waals surface area contributed by atoms with E-state index >= 15 is 0 Å². The summed E-state index contributed by atoms with van der Waals surface area (Å²) in [6.45, 7) is 2.96. The first kappa shape index (κ1) is 12.8. The minimum absolute atomic E-state index is 0.231. The van der Waals surface area contributed by atoms with Crippen molar-refractivity contribution in [2.24, 2.45) is 0 Å². The van der Waals surface area contributed by atoms with Crippen LogP contribution in [0, 0.1) is 0 Å². The molecular weight excluding hydrogens is 226 g/mol. The maximum absolute atomic E-state index is 11.4. The molecule has 0 aliphatic heterocycles. The molecular formula is C10H17N3O2S. The van der Waals surface area contributed by atoms with Gasteiger partial charge in [0.05, 0.1) is 7.11 Å². The van der Waals surface area contributed by atoms with Gasteiger partial charge in [-0.15, -0.1) is 0 Å². The second-order valence-electron chi connectivity index (χ2n) is 3.40. The molecule has 0 atom stereocenters. The topological polar surface area (TPSA) is 77.2 Å². The third-order valence-electron chi connectivity index (χ3n) is 2.17. The molecule has 1 rings (SSSR count). The van der Waals surface area contributed by atoms with Crippen LogP contribution in [-0.4, -0.2) is 24.0 Å². The van der Waals surface area contributed by atoms with Gasteiger partial charge in [-0.05, 0) is 18.0 Å². The number of nitrogen functional groups attached to an aromatic ring is 1. The van der Waals surface area contributed by atoms with Gasteiger partial charge in [0.1, 0.15) is 10.6 Å². The average molecular weight is 243 g/mol. The number of ether oxygens (including phenoxy) is 1. The molecule has 0 saturated carbocycles. The van der Waals surface area contributed by atoms with Crippen molar-refractivity contribution < 1.29 is 9.53 Å². The molecule has 5 nitrogen and oxygen atoms in total. The molecule has 1 aromatic rings. The van der Waals surface area contributed by atoms with E-state index < -0.39 is 5.97 Å². The Morgan fingerprint density at radius 3 is 2.94 bits per heavy atom. The number of aromatic nitrogens is 1. The molecule has 0 amide bonds. The molecule has 90 valence electrons. The summed E-state index contributed by atoms with van der Waals surface area (Å²) in [5.41, 5.74) is 5.96. The number of unbranched alkanes of at least 4 members (excludes halogenated alkanes) is 2. The van der Waals surface area contributed by atoms with Gasteiger partial charge in [-0.3, -0.25) is 0 Å². The third kappa shape index (κ3) is 3.10. The number of anilines is 2. The number of rotatable bonds is 6. The molecule has 1 aromatic heterocycles. The number of carbonyl (C=O) groups is 1. The highest BCUT2D eigenvalue weighted by molar-refractivity contribution is 7.11. The molecule has 0 radical (unpaired) electrons. The van der Waals surface area contributed by atoms with E-state index in [9.17, 15) is 4.79 Å². The maximum Gasteiger partial charge on any atom is 0.344 e. The van der Waals surface area contributed by atoms with Gasteiger partial charge < -0.3 is 15.8 Å². The first-order valence-electron chi connectivity index (χ1n) is 5.28. The van der Waals surface area contributed by atoms with Crippen LogP contribution in [0.15, 0.2) is 0 Å². The lowest BCUT2D eigenvalue weighted by molar-refractivity contribution is 0.0603. The zero-order valence-electron chi connectivity index (χ0n) is 9.58. The second-order valence-corrected chi connectivity index (χ2v) is 4.17. The number of methoxy groups -OCH3 is 1. The van der Waals surface area contributed by atoms with E-state index in [4.69, 9.17) is 5.73 Å². The number of nitrogens with two attached hydrogens (primary N) is 1. The lowest BCUT2D eigenvalue weighted by Crippen LogP contribution is -2.08. The number of hydrogen-bond acceptors (Lipinski definition) is 6. The molecule has 6 heteroatoms. The predicted octanol–water partition coefficient (Wildman–Crippen LogP) is 2.11. The highest BCUT2D eigenvalue weighted by Gasteiger charge is 2.19. The van der Waals surface area contributed by atoms with Crippen molar-refractivity contribution in [2.75, 3.05) is 24.7 Å². The Kier molecular flexibility index (Phi) is 5.04. The van der Waals surface area contributed by atoms with Gasteiger partial charge in [0.15, 0.2) is 5.82 Å². The Morgan fingerprint density at radius 1 is 1.56 bits per heavy atom. The fourth-order valence-corrected chi connectivity index (χ4v) is 2.03. The first-order valence-corrected chi connectivity index (χ1v) is 6.05. The minimum atomic E-state index is -0.441. The fourth-order valence-electron chi connectivity index (χ4n) is 1.30.